The molecule has 2 aromatic rings. The van der Waals surface area contributed by atoms with Crippen LogP contribution in [-0.4, -0.2) is 23.9 Å². The largest absolute Gasteiger partial charge is 0.335 e. The molecule has 3 rings (SSSR count). The van der Waals surface area contributed by atoms with E-state index in [0.717, 1.165) is 23.0 Å². The molecule has 0 radical (unpaired) electrons. The van der Waals surface area contributed by atoms with Gasteiger partial charge < -0.3 is 4.90 Å². The number of hydrogen-bond acceptors (Lipinski definition) is 1. The van der Waals surface area contributed by atoms with Crippen LogP contribution in [0.25, 0.3) is 5.57 Å². The third-order valence-corrected chi connectivity index (χ3v) is 4.44. The van der Waals surface area contributed by atoms with E-state index in [1.54, 1.807) is 0 Å². The summed E-state index contributed by atoms with van der Waals surface area (Å²) in [7, 11) is 0. The van der Waals surface area contributed by atoms with Crippen molar-refractivity contribution in [1.82, 2.24) is 4.90 Å². The second-order valence-electron chi connectivity index (χ2n) is 5.08. The molecule has 0 N–H and O–H groups in total. The van der Waals surface area contributed by atoms with Crippen molar-refractivity contribution in [2.24, 2.45) is 0 Å². The number of halogens is 1. The van der Waals surface area contributed by atoms with Gasteiger partial charge in [-0.2, -0.15) is 0 Å². The van der Waals surface area contributed by atoms with Gasteiger partial charge in [-0.25, -0.2) is 0 Å². The fourth-order valence-electron chi connectivity index (χ4n) is 2.57. The number of hydrogen-bond donors (Lipinski definition) is 0. The average Bonchev–Trinajstić information content (AvgIpc) is 2.56. The van der Waals surface area contributed by atoms with Crippen LogP contribution in [0.5, 0.6) is 0 Å². The number of rotatable bonds is 2. The highest BCUT2D eigenvalue weighted by Crippen LogP contribution is 2.24. The monoisotopic (exact) mass is 341 g/mol. The van der Waals surface area contributed by atoms with Gasteiger partial charge in [0, 0.05) is 17.6 Å². The SMILES string of the molecule is O=C(c1ccccc1Br)N1CC=C(c2ccccc2)CC1. The van der Waals surface area contributed by atoms with Crippen LogP contribution in [0.2, 0.25) is 0 Å². The van der Waals surface area contributed by atoms with Gasteiger partial charge in [-0.1, -0.05) is 48.5 Å². The van der Waals surface area contributed by atoms with Crippen LogP contribution in [-0.2, 0) is 0 Å². The molecule has 0 fully saturated rings. The van der Waals surface area contributed by atoms with Gasteiger partial charge in [0.05, 0.1) is 5.56 Å². The summed E-state index contributed by atoms with van der Waals surface area (Å²) in [5, 5.41) is 0. The molecule has 0 aromatic heterocycles. The van der Waals surface area contributed by atoms with Gasteiger partial charge in [0.1, 0.15) is 0 Å². The lowest BCUT2D eigenvalue weighted by molar-refractivity contribution is 0.0772. The average molecular weight is 342 g/mol. The maximum absolute atomic E-state index is 12.5. The summed E-state index contributed by atoms with van der Waals surface area (Å²) in [4.78, 5) is 14.4. The van der Waals surface area contributed by atoms with Crippen LogP contribution in [0.15, 0.2) is 65.1 Å². The van der Waals surface area contributed by atoms with Crippen molar-refractivity contribution in [2.45, 2.75) is 6.42 Å². The van der Waals surface area contributed by atoms with Crippen molar-refractivity contribution in [3.05, 3.63) is 76.3 Å². The van der Waals surface area contributed by atoms with Gasteiger partial charge >= 0.3 is 0 Å². The molecule has 1 heterocycles. The second-order valence-corrected chi connectivity index (χ2v) is 5.93. The van der Waals surface area contributed by atoms with E-state index in [4.69, 9.17) is 0 Å². The first kappa shape index (κ1) is 14.1. The van der Waals surface area contributed by atoms with E-state index in [1.807, 2.05) is 35.2 Å². The van der Waals surface area contributed by atoms with Gasteiger partial charge in [-0.3, -0.25) is 4.79 Å². The van der Waals surface area contributed by atoms with Crippen molar-refractivity contribution in [3.8, 4) is 0 Å². The Morgan fingerprint density at radius 2 is 1.71 bits per heavy atom. The zero-order valence-electron chi connectivity index (χ0n) is 11.6. The molecule has 0 atom stereocenters. The summed E-state index contributed by atoms with van der Waals surface area (Å²) in [6.07, 6.45) is 3.06. The third-order valence-electron chi connectivity index (χ3n) is 3.75. The highest BCUT2D eigenvalue weighted by Gasteiger charge is 2.20. The van der Waals surface area contributed by atoms with Crippen molar-refractivity contribution in [3.63, 3.8) is 0 Å². The molecule has 106 valence electrons. The standard InChI is InChI=1S/C18H16BrNO/c19-17-9-5-4-8-16(17)18(21)20-12-10-15(11-13-20)14-6-2-1-3-7-14/h1-10H,11-13H2. The molecule has 1 aliphatic rings. The summed E-state index contributed by atoms with van der Waals surface area (Å²) in [5.41, 5.74) is 3.31. The molecule has 0 aliphatic carbocycles. The van der Waals surface area contributed by atoms with Gasteiger partial charge in [-0.15, -0.1) is 0 Å². The summed E-state index contributed by atoms with van der Waals surface area (Å²) in [6, 6.07) is 18.0. The van der Waals surface area contributed by atoms with E-state index < -0.39 is 0 Å². The Labute approximate surface area is 133 Å². The molecule has 2 nitrogen and oxygen atoms in total. The Bertz CT molecular complexity index is 679. The van der Waals surface area contributed by atoms with E-state index in [1.165, 1.54) is 11.1 Å². The fraction of sp³-hybridized carbons (Fsp3) is 0.167. The Kier molecular flexibility index (Phi) is 4.20. The molecule has 1 amide bonds. The lowest BCUT2D eigenvalue weighted by Crippen LogP contribution is -2.34. The molecular weight excluding hydrogens is 326 g/mol. The number of nitrogens with zero attached hydrogens (tertiary/aromatic N) is 1. The van der Waals surface area contributed by atoms with Crippen LogP contribution >= 0.6 is 15.9 Å². The minimum atomic E-state index is 0.0887. The molecule has 2 aromatic carbocycles. The minimum Gasteiger partial charge on any atom is -0.335 e. The predicted octanol–water partition coefficient (Wildman–Crippen LogP) is 4.38. The quantitative estimate of drug-likeness (QED) is 0.793. The van der Waals surface area contributed by atoms with Crippen molar-refractivity contribution < 1.29 is 4.79 Å². The fourth-order valence-corrected chi connectivity index (χ4v) is 3.03. The van der Waals surface area contributed by atoms with Gasteiger partial charge in [0.15, 0.2) is 0 Å². The first-order chi connectivity index (χ1) is 10.3. The lowest BCUT2D eigenvalue weighted by atomic mass is 9.99. The number of amides is 1. The normalized spacial score (nSPS) is 14.7. The summed E-state index contributed by atoms with van der Waals surface area (Å²) < 4.78 is 0.854. The summed E-state index contributed by atoms with van der Waals surface area (Å²) >= 11 is 3.45. The minimum absolute atomic E-state index is 0.0887. The van der Waals surface area contributed by atoms with E-state index >= 15 is 0 Å². The highest BCUT2D eigenvalue weighted by atomic mass is 79.9. The van der Waals surface area contributed by atoms with Gasteiger partial charge in [0.2, 0.25) is 0 Å². The maximum Gasteiger partial charge on any atom is 0.255 e. The summed E-state index contributed by atoms with van der Waals surface area (Å²) in [6.45, 7) is 1.44. The highest BCUT2D eigenvalue weighted by molar-refractivity contribution is 9.10. The lowest BCUT2D eigenvalue weighted by Gasteiger charge is -2.27. The zero-order chi connectivity index (χ0) is 14.7. The van der Waals surface area contributed by atoms with Crippen molar-refractivity contribution in [2.75, 3.05) is 13.1 Å². The van der Waals surface area contributed by atoms with Crippen LogP contribution in [0.1, 0.15) is 22.3 Å². The molecule has 0 spiro atoms. The number of carbonyl (C=O) groups excluding carboxylic acids is 1. The molecule has 1 aliphatic heterocycles. The van der Waals surface area contributed by atoms with Gasteiger partial charge in [0.25, 0.3) is 5.91 Å². The van der Waals surface area contributed by atoms with Crippen LogP contribution in [0.3, 0.4) is 0 Å². The van der Waals surface area contributed by atoms with Crippen LogP contribution in [0.4, 0.5) is 0 Å². The Morgan fingerprint density at radius 3 is 2.38 bits per heavy atom. The van der Waals surface area contributed by atoms with E-state index in [2.05, 4.69) is 46.3 Å². The molecule has 3 heteroatoms. The van der Waals surface area contributed by atoms with E-state index in [-0.39, 0.29) is 5.91 Å². The van der Waals surface area contributed by atoms with E-state index in [9.17, 15) is 4.79 Å². The Balaban J connectivity index is 1.75. The van der Waals surface area contributed by atoms with Gasteiger partial charge in [-0.05, 0) is 45.6 Å². The maximum atomic E-state index is 12.5. The number of carbonyl (C=O) groups is 1. The Morgan fingerprint density at radius 1 is 1.00 bits per heavy atom. The zero-order valence-corrected chi connectivity index (χ0v) is 13.2. The van der Waals surface area contributed by atoms with Crippen LogP contribution < -0.4 is 0 Å². The van der Waals surface area contributed by atoms with Crippen molar-refractivity contribution >= 4 is 27.4 Å². The second kappa shape index (κ2) is 6.27. The van der Waals surface area contributed by atoms with Crippen molar-refractivity contribution in [1.29, 1.82) is 0 Å². The smallest absolute Gasteiger partial charge is 0.255 e. The molecular formula is C18H16BrNO. The van der Waals surface area contributed by atoms with Crippen LogP contribution in [0, 0.1) is 0 Å². The molecule has 0 unspecified atom stereocenters. The number of benzene rings is 2. The summed E-state index contributed by atoms with van der Waals surface area (Å²) in [5.74, 6) is 0.0887. The third kappa shape index (κ3) is 3.08. The predicted molar refractivity (Wildman–Crippen MR) is 89.1 cm³/mol. The molecule has 21 heavy (non-hydrogen) atoms. The molecule has 0 bridgehead atoms. The first-order valence-electron chi connectivity index (χ1n) is 7.04. The van der Waals surface area contributed by atoms with E-state index in [0.29, 0.717) is 6.54 Å². The Hall–Kier alpha value is -1.87. The topological polar surface area (TPSA) is 20.3 Å². The molecule has 0 saturated heterocycles. The first-order valence-corrected chi connectivity index (χ1v) is 7.83. The molecule has 0 saturated carbocycles.